The summed E-state index contributed by atoms with van der Waals surface area (Å²) in [4.78, 5) is 23.5. The lowest BCUT2D eigenvalue weighted by Gasteiger charge is -2.35. The zero-order chi connectivity index (χ0) is 9.81. The summed E-state index contributed by atoms with van der Waals surface area (Å²) >= 11 is 0. The summed E-state index contributed by atoms with van der Waals surface area (Å²) in [5.74, 6) is -0.547. The van der Waals surface area contributed by atoms with Crippen molar-refractivity contribution in [2.75, 3.05) is 0 Å². The molecule has 2 aliphatic carbocycles. The van der Waals surface area contributed by atoms with Crippen LogP contribution < -0.4 is 0 Å². The molecule has 0 aromatic rings. The number of hydrogen-bond acceptors (Lipinski definition) is 3. The number of allylic oxidation sites excluding steroid dienone is 2. The Labute approximate surface area is 82.1 Å². The van der Waals surface area contributed by atoms with Crippen molar-refractivity contribution in [3.8, 4) is 0 Å². The maximum atomic E-state index is 11.7. The molecule has 74 valence electrons. The van der Waals surface area contributed by atoms with Gasteiger partial charge in [0.05, 0.1) is 10.8 Å². The maximum absolute atomic E-state index is 11.7. The highest BCUT2D eigenvalue weighted by Crippen LogP contribution is 2.63. The van der Waals surface area contributed by atoms with Crippen molar-refractivity contribution in [1.29, 1.82) is 0 Å². The molecule has 1 saturated carbocycles. The van der Waals surface area contributed by atoms with Crippen molar-refractivity contribution < 1.29 is 14.3 Å². The van der Waals surface area contributed by atoms with Crippen LogP contribution in [0.3, 0.4) is 0 Å². The number of carbonyl (C=O) groups excluding carboxylic acids is 2. The first kappa shape index (κ1) is 8.21. The Morgan fingerprint density at radius 2 is 1.50 bits per heavy atom. The molecular weight excluding hydrogens is 180 g/mol. The van der Waals surface area contributed by atoms with E-state index in [0.717, 1.165) is 19.3 Å². The lowest BCUT2D eigenvalue weighted by atomic mass is 9.61. The third kappa shape index (κ3) is 0.636. The summed E-state index contributed by atoms with van der Waals surface area (Å²) in [5.41, 5.74) is -0.975. The fourth-order valence-electron chi connectivity index (χ4n) is 3.38. The molecule has 0 amide bonds. The number of cyclic esters (lactones) is 2. The second kappa shape index (κ2) is 2.27. The van der Waals surface area contributed by atoms with Gasteiger partial charge in [0.2, 0.25) is 0 Å². The highest BCUT2D eigenvalue weighted by Gasteiger charge is 2.69. The normalized spacial score (nSPS) is 44.9. The molecule has 0 N–H and O–H groups in total. The molecule has 3 rings (SSSR count). The Balaban J connectivity index is 2.21. The molecule has 0 aromatic carbocycles. The first-order valence-corrected chi connectivity index (χ1v) is 5.13. The number of hydrogen-bond donors (Lipinski definition) is 0. The van der Waals surface area contributed by atoms with Gasteiger partial charge in [0, 0.05) is 0 Å². The zero-order valence-electron chi connectivity index (χ0n) is 7.91. The lowest BCUT2D eigenvalue weighted by molar-refractivity contribution is -0.156. The molecule has 1 saturated heterocycles. The minimum Gasteiger partial charge on any atom is -0.392 e. The minimum absolute atomic E-state index is 0.274. The molecule has 3 heteroatoms. The van der Waals surface area contributed by atoms with Crippen molar-refractivity contribution in [1.82, 2.24) is 0 Å². The van der Waals surface area contributed by atoms with E-state index in [1.807, 2.05) is 12.2 Å². The minimum atomic E-state index is -0.487. The van der Waals surface area contributed by atoms with E-state index >= 15 is 0 Å². The smallest absolute Gasteiger partial charge is 0.321 e. The van der Waals surface area contributed by atoms with Crippen LogP contribution >= 0.6 is 0 Å². The zero-order valence-corrected chi connectivity index (χ0v) is 7.91. The van der Waals surface area contributed by atoms with Gasteiger partial charge >= 0.3 is 11.9 Å². The van der Waals surface area contributed by atoms with Crippen LogP contribution in [0.1, 0.15) is 32.1 Å². The van der Waals surface area contributed by atoms with Gasteiger partial charge in [-0.3, -0.25) is 9.59 Å². The molecule has 1 aliphatic heterocycles. The highest BCUT2D eigenvalue weighted by molar-refractivity contribution is 6.02. The number of ether oxygens (including phenoxy) is 1. The monoisotopic (exact) mass is 192 g/mol. The van der Waals surface area contributed by atoms with Gasteiger partial charge in [-0.2, -0.15) is 0 Å². The third-order valence-electron chi connectivity index (χ3n) is 4.19. The van der Waals surface area contributed by atoms with Crippen molar-refractivity contribution >= 4 is 11.9 Å². The maximum Gasteiger partial charge on any atom is 0.321 e. The number of rotatable bonds is 0. The van der Waals surface area contributed by atoms with Crippen molar-refractivity contribution in [3.05, 3.63) is 12.2 Å². The summed E-state index contributed by atoms with van der Waals surface area (Å²) in [5, 5.41) is 0. The van der Waals surface area contributed by atoms with Crippen LogP contribution in [0.25, 0.3) is 0 Å². The van der Waals surface area contributed by atoms with Gasteiger partial charge in [0.25, 0.3) is 0 Å². The van der Waals surface area contributed by atoms with Crippen LogP contribution in [-0.2, 0) is 14.3 Å². The average molecular weight is 192 g/mol. The van der Waals surface area contributed by atoms with Crippen molar-refractivity contribution in [2.24, 2.45) is 10.8 Å². The van der Waals surface area contributed by atoms with Gasteiger partial charge in [0.1, 0.15) is 0 Å². The standard InChI is InChI=1S/C11H12O3/c12-8-10-4-1-2-5-11(10,7-3-6-10)9(13)14-8/h1-2H,3-7H2/t10-,11-/m0/s1. The molecule has 0 bridgehead atoms. The lowest BCUT2D eigenvalue weighted by Crippen LogP contribution is -2.41. The van der Waals surface area contributed by atoms with E-state index in [-0.39, 0.29) is 11.9 Å². The Bertz CT molecular complexity index is 326. The summed E-state index contributed by atoms with van der Waals surface area (Å²) in [6, 6.07) is 0. The molecule has 0 spiro atoms. The fourth-order valence-corrected chi connectivity index (χ4v) is 3.38. The quantitative estimate of drug-likeness (QED) is 0.332. The van der Waals surface area contributed by atoms with Gasteiger partial charge in [-0.25, -0.2) is 0 Å². The van der Waals surface area contributed by atoms with Gasteiger partial charge in [-0.1, -0.05) is 18.6 Å². The average Bonchev–Trinajstić information content (AvgIpc) is 2.66. The van der Waals surface area contributed by atoms with E-state index in [0.29, 0.717) is 12.8 Å². The predicted molar refractivity (Wildman–Crippen MR) is 48.2 cm³/mol. The molecule has 3 nitrogen and oxygen atoms in total. The van der Waals surface area contributed by atoms with Crippen LogP contribution in [0.5, 0.6) is 0 Å². The van der Waals surface area contributed by atoms with Gasteiger partial charge < -0.3 is 4.74 Å². The van der Waals surface area contributed by atoms with E-state index in [4.69, 9.17) is 4.74 Å². The third-order valence-corrected chi connectivity index (χ3v) is 4.19. The van der Waals surface area contributed by atoms with E-state index < -0.39 is 10.8 Å². The summed E-state index contributed by atoms with van der Waals surface area (Å²) in [7, 11) is 0. The topological polar surface area (TPSA) is 43.4 Å². The van der Waals surface area contributed by atoms with E-state index in [2.05, 4.69) is 0 Å². The summed E-state index contributed by atoms with van der Waals surface area (Å²) < 4.78 is 4.84. The van der Waals surface area contributed by atoms with Crippen LogP contribution in [0.4, 0.5) is 0 Å². The highest BCUT2D eigenvalue weighted by atomic mass is 16.6. The molecule has 2 atom stereocenters. The van der Waals surface area contributed by atoms with Crippen LogP contribution in [0, 0.1) is 10.8 Å². The Morgan fingerprint density at radius 3 is 2.00 bits per heavy atom. The Kier molecular flexibility index (Phi) is 1.33. The SMILES string of the molecule is O=C1OC(=O)[C@@]23CC=CC[C@]12CCC3. The fraction of sp³-hybridized carbons (Fsp3) is 0.636. The number of esters is 2. The molecule has 0 unspecified atom stereocenters. The molecule has 0 radical (unpaired) electrons. The van der Waals surface area contributed by atoms with Crippen molar-refractivity contribution in [3.63, 3.8) is 0 Å². The van der Waals surface area contributed by atoms with Crippen LogP contribution in [0.15, 0.2) is 12.2 Å². The first-order chi connectivity index (χ1) is 6.71. The second-order valence-electron chi connectivity index (χ2n) is 4.57. The molecule has 14 heavy (non-hydrogen) atoms. The first-order valence-electron chi connectivity index (χ1n) is 5.13. The Morgan fingerprint density at radius 1 is 1.00 bits per heavy atom. The molecule has 0 aromatic heterocycles. The van der Waals surface area contributed by atoms with Crippen LogP contribution in [0.2, 0.25) is 0 Å². The van der Waals surface area contributed by atoms with E-state index in [1.165, 1.54) is 0 Å². The molecule has 2 fully saturated rings. The predicted octanol–water partition coefficient (Wildman–Crippen LogP) is 1.58. The van der Waals surface area contributed by atoms with Crippen molar-refractivity contribution in [2.45, 2.75) is 32.1 Å². The van der Waals surface area contributed by atoms with Gasteiger partial charge in [-0.05, 0) is 25.7 Å². The second-order valence-corrected chi connectivity index (χ2v) is 4.57. The van der Waals surface area contributed by atoms with E-state index in [1.54, 1.807) is 0 Å². The molecular formula is C11H12O3. The number of carbonyl (C=O) groups is 2. The molecule has 1 heterocycles. The van der Waals surface area contributed by atoms with E-state index in [9.17, 15) is 9.59 Å². The van der Waals surface area contributed by atoms with Crippen LogP contribution in [-0.4, -0.2) is 11.9 Å². The Hall–Kier alpha value is -1.12. The molecule has 3 aliphatic rings. The van der Waals surface area contributed by atoms with Gasteiger partial charge in [-0.15, -0.1) is 0 Å². The summed E-state index contributed by atoms with van der Waals surface area (Å²) in [6.45, 7) is 0. The largest absolute Gasteiger partial charge is 0.392 e. The van der Waals surface area contributed by atoms with Gasteiger partial charge in [0.15, 0.2) is 0 Å². The summed E-state index contributed by atoms with van der Waals surface area (Å²) in [6.07, 6.45) is 8.04.